The molecule has 24 heavy (non-hydrogen) atoms. The van der Waals surface area contributed by atoms with Gasteiger partial charge in [-0.15, -0.1) is 0 Å². The average Bonchev–Trinajstić information content (AvgIpc) is 2.80. The molecule has 1 aliphatic rings. The molecule has 0 unspecified atom stereocenters. The Balaban J connectivity index is 1.83. The molecular formula is C17H13ClF2N2O2. The zero-order valence-electron chi connectivity index (χ0n) is 12.6. The summed E-state index contributed by atoms with van der Waals surface area (Å²) in [6.45, 7) is 1.81. The molecule has 1 N–H and O–H groups in total. The molecule has 0 radical (unpaired) electrons. The third-order valence-electron chi connectivity index (χ3n) is 3.82. The van der Waals surface area contributed by atoms with E-state index in [0.717, 1.165) is 22.6 Å². The molecule has 0 spiro atoms. The first-order chi connectivity index (χ1) is 11.4. The first kappa shape index (κ1) is 16.4. The largest absolute Gasteiger partial charge is 0.373 e. The first-order valence-electron chi connectivity index (χ1n) is 7.21. The predicted octanol–water partition coefficient (Wildman–Crippen LogP) is 3.67. The zero-order chi connectivity index (χ0) is 17.4. The molecule has 3 rings (SSSR count). The molecule has 0 aliphatic carbocycles. The van der Waals surface area contributed by atoms with Crippen molar-refractivity contribution in [1.82, 2.24) is 0 Å². The van der Waals surface area contributed by atoms with Crippen molar-refractivity contribution in [2.45, 2.75) is 19.4 Å². The van der Waals surface area contributed by atoms with Gasteiger partial charge in [0.15, 0.2) is 11.6 Å². The number of benzene rings is 2. The maximum Gasteiger partial charge on any atom is 0.256 e. The predicted molar refractivity (Wildman–Crippen MR) is 87.1 cm³/mol. The standard InChI is InChI=1S/C17H13ClF2N2O2/c1-9-2-4-11(7-12(9)18)22-16(23)8-15(17(22)24)21-10-3-5-13(19)14(20)6-10/h2-7,15,21H,8H2,1H3/t15-/m1/s1. The number of halogens is 3. The van der Waals surface area contributed by atoms with Crippen LogP contribution in [0.25, 0.3) is 0 Å². The molecule has 2 aromatic rings. The summed E-state index contributed by atoms with van der Waals surface area (Å²) in [6.07, 6.45) is -0.0800. The summed E-state index contributed by atoms with van der Waals surface area (Å²) in [5, 5.41) is 3.21. The molecule has 1 saturated heterocycles. The summed E-state index contributed by atoms with van der Waals surface area (Å²) in [7, 11) is 0. The molecule has 0 aromatic heterocycles. The lowest BCUT2D eigenvalue weighted by Crippen LogP contribution is -2.34. The molecule has 2 aromatic carbocycles. The van der Waals surface area contributed by atoms with Crippen molar-refractivity contribution in [2.75, 3.05) is 10.2 Å². The van der Waals surface area contributed by atoms with Crippen LogP contribution in [0.4, 0.5) is 20.2 Å². The second-order valence-electron chi connectivity index (χ2n) is 5.53. The van der Waals surface area contributed by atoms with Gasteiger partial charge >= 0.3 is 0 Å². The lowest BCUT2D eigenvalue weighted by atomic mass is 10.2. The number of carbonyl (C=O) groups is 2. The zero-order valence-corrected chi connectivity index (χ0v) is 13.4. The van der Waals surface area contributed by atoms with Crippen molar-refractivity contribution >= 4 is 34.8 Å². The first-order valence-corrected chi connectivity index (χ1v) is 7.59. The Kier molecular flexibility index (Phi) is 4.24. The molecule has 2 amide bonds. The normalized spacial score (nSPS) is 17.5. The van der Waals surface area contributed by atoms with Gasteiger partial charge in [-0.05, 0) is 36.8 Å². The molecule has 1 atom stereocenters. The Morgan fingerprint density at radius 1 is 1.12 bits per heavy atom. The Bertz CT molecular complexity index is 841. The highest BCUT2D eigenvalue weighted by atomic mass is 35.5. The summed E-state index contributed by atoms with van der Waals surface area (Å²) in [5.74, 6) is -2.87. The Labute approximate surface area is 142 Å². The molecule has 124 valence electrons. The number of amides is 2. The van der Waals surface area contributed by atoms with Crippen molar-refractivity contribution in [2.24, 2.45) is 0 Å². The minimum atomic E-state index is -1.03. The van der Waals surface area contributed by atoms with Crippen LogP contribution in [0.5, 0.6) is 0 Å². The van der Waals surface area contributed by atoms with Gasteiger partial charge in [0.2, 0.25) is 5.91 Å². The van der Waals surface area contributed by atoms with E-state index < -0.39 is 23.6 Å². The van der Waals surface area contributed by atoms with Gasteiger partial charge in [-0.25, -0.2) is 13.7 Å². The highest BCUT2D eigenvalue weighted by Crippen LogP contribution is 2.28. The molecule has 0 saturated carbocycles. The van der Waals surface area contributed by atoms with Gasteiger partial charge in [0.1, 0.15) is 6.04 Å². The van der Waals surface area contributed by atoms with E-state index in [0.29, 0.717) is 10.7 Å². The number of anilines is 2. The highest BCUT2D eigenvalue weighted by Gasteiger charge is 2.39. The Hall–Kier alpha value is -2.47. The van der Waals surface area contributed by atoms with Gasteiger partial charge in [-0.1, -0.05) is 17.7 Å². The monoisotopic (exact) mass is 350 g/mol. The van der Waals surface area contributed by atoms with Gasteiger partial charge in [-0.2, -0.15) is 0 Å². The van der Waals surface area contributed by atoms with Crippen molar-refractivity contribution in [1.29, 1.82) is 0 Å². The topological polar surface area (TPSA) is 49.4 Å². The van der Waals surface area contributed by atoms with Gasteiger partial charge in [-0.3, -0.25) is 9.59 Å². The fourth-order valence-electron chi connectivity index (χ4n) is 2.52. The van der Waals surface area contributed by atoms with Gasteiger partial charge in [0, 0.05) is 16.8 Å². The van der Waals surface area contributed by atoms with Crippen LogP contribution in [-0.4, -0.2) is 17.9 Å². The van der Waals surface area contributed by atoms with Gasteiger partial charge in [0.25, 0.3) is 5.91 Å². The van der Waals surface area contributed by atoms with Crippen LogP contribution in [0.15, 0.2) is 36.4 Å². The van der Waals surface area contributed by atoms with E-state index in [-0.39, 0.29) is 18.0 Å². The van der Waals surface area contributed by atoms with Crippen LogP contribution < -0.4 is 10.2 Å². The number of nitrogens with one attached hydrogen (secondary N) is 1. The number of rotatable bonds is 3. The summed E-state index contributed by atoms with van der Waals surface area (Å²) >= 11 is 6.04. The van der Waals surface area contributed by atoms with E-state index in [1.165, 1.54) is 6.07 Å². The molecule has 0 bridgehead atoms. The van der Waals surface area contributed by atoms with Crippen LogP contribution in [0.2, 0.25) is 5.02 Å². The van der Waals surface area contributed by atoms with Gasteiger partial charge < -0.3 is 5.32 Å². The molecule has 1 fully saturated rings. The van der Waals surface area contributed by atoms with Crippen LogP contribution in [0, 0.1) is 18.6 Å². The van der Waals surface area contributed by atoms with E-state index in [9.17, 15) is 18.4 Å². The third-order valence-corrected chi connectivity index (χ3v) is 4.23. The van der Waals surface area contributed by atoms with Crippen molar-refractivity contribution in [3.63, 3.8) is 0 Å². The number of hydrogen-bond donors (Lipinski definition) is 1. The van der Waals surface area contributed by atoms with E-state index in [2.05, 4.69) is 5.32 Å². The quantitative estimate of drug-likeness (QED) is 0.859. The maximum atomic E-state index is 13.3. The van der Waals surface area contributed by atoms with Gasteiger partial charge in [0.05, 0.1) is 12.1 Å². The third kappa shape index (κ3) is 2.97. The summed E-state index contributed by atoms with van der Waals surface area (Å²) in [5.41, 5.74) is 1.44. The summed E-state index contributed by atoms with van der Waals surface area (Å²) < 4.78 is 26.2. The van der Waals surface area contributed by atoms with Crippen LogP contribution in [0.3, 0.4) is 0 Å². The van der Waals surface area contributed by atoms with Crippen molar-refractivity contribution < 1.29 is 18.4 Å². The fourth-order valence-corrected chi connectivity index (χ4v) is 2.70. The lowest BCUT2D eigenvalue weighted by molar-refractivity contribution is -0.121. The van der Waals surface area contributed by atoms with Crippen LogP contribution in [-0.2, 0) is 9.59 Å². The molecule has 1 heterocycles. The number of imide groups is 1. The SMILES string of the molecule is Cc1ccc(N2C(=O)C[C@@H](Nc3ccc(F)c(F)c3)C2=O)cc1Cl. The number of aryl methyl sites for hydroxylation is 1. The van der Waals surface area contributed by atoms with Crippen LogP contribution >= 0.6 is 11.6 Å². The van der Waals surface area contributed by atoms with E-state index >= 15 is 0 Å². The number of hydrogen-bond acceptors (Lipinski definition) is 3. The molecule has 1 aliphatic heterocycles. The highest BCUT2D eigenvalue weighted by molar-refractivity contribution is 6.32. The fraction of sp³-hybridized carbons (Fsp3) is 0.176. The van der Waals surface area contributed by atoms with E-state index in [1.807, 2.05) is 6.92 Å². The number of nitrogens with zero attached hydrogens (tertiary/aromatic N) is 1. The molecule has 4 nitrogen and oxygen atoms in total. The second-order valence-corrected chi connectivity index (χ2v) is 5.94. The summed E-state index contributed by atoms with van der Waals surface area (Å²) in [6, 6.07) is 7.26. The van der Waals surface area contributed by atoms with E-state index in [4.69, 9.17) is 11.6 Å². The van der Waals surface area contributed by atoms with E-state index in [1.54, 1.807) is 18.2 Å². The minimum Gasteiger partial charge on any atom is -0.373 e. The van der Waals surface area contributed by atoms with Crippen molar-refractivity contribution in [3.8, 4) is 0 Å². The average molecular weight is 351 g/mol. The smallest absolute Gasteiger partial charge is 0.256 e. The second kappa shape index (κ2) is 6.20. The number of carbonyl (C=O) groups excluding carboxylic acids is 2. The minimum absolute atomic E-state index is 0.0800. The Morgan fingerprint density at radius 2 is 1.88 bits per heavy atom. The molecule has 7 heteroatoms. The summed E-state index contributed by atoms with van der Waals surface area (Å²) in [4.78, 5) is 25.7. The maximum absolute atomic E-state index is 13.3. The van der Waals surface area contributed by atoms with Crippen molar-refractivity contribution in [3.05, 3.63) is 58.6 Å². The lowest BCUT2D eigenvalue weighted by Gasteiger charge is -2.17. The Morgan fingerprint density at radius 3 is 2.54 bits per heavy atom. The van der Waals surface area contributed by atoms with Crippen LogP contribution in [0.1, 0.15) is 12.0 Å². The molecular weight excluding hydrogens is 338 g/mol.